The van der Waals surface area contributed by atoms with Crippen LogP contribution in [0.3, 0.4) is 0 Å². The van der Waals surface area contributed by atoms with Gasteiger partial charge in [0.15, 0.2) is 0 Å². The summed E-state index contributed by atoms with van der Waals surface area (Å²) < 4.78 is 0. The molecule has 0 radical (unpaired) electrons. The molecule has 4 saturated heterocycles. The first-order chi connectivity index (χ1) is 31.4. The summed E-state index contributed by atoms with van der Waals surface area (Å²) in [6.07, 6.45) is 6.67. The van der Waals surface area contributed by atoms with Crippen LogP contribution in [-0.2, 0) is 38.8 Å². The van der Waals surface area contributed by atoms with E-state index >= 15 is 0 Å². The van der Waals surface area contributed by atoms with E-state index in [4.69, 9.17) is 0 Å². The number of rotatable bonds is 7. The number of aldehydes is 1. The third-order valence-corrected chi connectivity index (χ3v) is 13.6. The summed E-state index contributed by atoms with van der Waals surface area (Å²) in [5, 5.41) is 8.07. The number of hydrogen-bond donors (Lipinski definition) is 3. The third kappa shape index (κ3) is 12.3. The van der Waals surface area contributed by atoms with Crippen LogP contribution >= 0.6 is 12.4 Å². The Morgan fingerprint density at radius 1 is 0.588 bits per heavy atom. The van der Waals surface area contributed by atoms with E-state index in [0.29, 0.717) is 48.9 Å². The topological polar surface area (TPSA) is 165 Å². The molecular formula is C54H67ClN6O7. The van der Waals surface area contributed by atoms with Crippen LogP contribution in [0.2, 0.25) is 0 Å². The van der Waals surface area contributed by atoms with Crippen molar-refractivity contribution >= 4 is 54.1 Å². The number of piperidine rings is 4. The summed E-state index contributed by atoms with van der Waals surface area (Å²) in [7, 11) is 0. The average Bonchev–Trinajstić information content (AvgIpc) is 3.81. The zero-order chi connectivity index (χ0) is 45.6. The number of benzene rings is 4. The fraction of sp³-hybridized carbons (Fsp3) is 0.426. The van der Waals surface area contributed by atoms with E-state index in [1.54, 1.807) is 15.9 Å². The van der Waals surface area contributed by atoms with Gasteiger partial charge in [0.25, 0.3) is 11.8 Å². The monoisotopic (exact) mass is 946 g/mol. The zero-order valence-corrected chi connectivity index (χ0v) is 38.5. The van der Waals surface area contributed by atoms with Gasteiger partial charge in [-0.05, 0) is 136 Å². The third-order valence-electron chi connectivity index (χ3n) is 13.6. The number of nitrogens with zero attached hydrogens (tertiary/aromatic N) is 3. The number of aryl methyl sites for hydroxylation is 2. The Morgan fingerprint density at radius 2 is 1.07 bits per heavy atom. The van der Waals surface area contributed by atoms with Crippen molar-refractivity contribution < 1.29 is 33.6 Å². The Labute approximate surface area is 407 Å². The number of hydrogen-bond acceptors (Lipinski definition) is 9. The Morgan fingerprint density at radius 3 is 1.53 bits per heavy atom. The molecule has 68 heavy (non-hydrogen) atoms. The minimum atomic E-state index is -0.555. The largest absolute Gasteiger partial charge is 0.322 e. The van der Waals surface area contributed by atoms with Gasteiger partial charge in [0.1, 0.15) is 18.4 Å². The molecule has 362 valence electrons. The number of fused-ring (bicyclic) bond motifs is 2. The lowest BCUT2D eigenvalue weighted by Gasteiger charge is -2.32. The molecular weight excluding hydrogens is 880 g/mol. The molecule has 13 nitrogen and oxygen atoms in total. The fourth-order valence-corrected chi connectivity index (χ4v) is 10.1. The summed E-state index contributed by atoms with van der Waals surface area (Å²) in [6, 6.07) is 27.4. The van der Waals surface area contributed by atoms with Crippen molar-refractivity contribution in [2.45, 2.75) is 124 Å². The number of carbonyl (C=O) groups excluding carboxylic acids is 7. The predicted octanol–water partition coefficient (Wildman–Crippen LogP) is 7.55. The molecule has 3 N–H and O–H groups in total. The van der Waals surface area contributed by atoms with Crippen LogP contribution in [0.1, 0.15) is 148 Å². The molecule has 6 aliphatic heterocycles. The van der Waals surface area contributed by atoms with Crippen LogP contribution < -0.4 is 16.0 Å². The van der Waals surface area contributed by atoms with Crippen LogP contribution in [0.15, 0.2) is 84.9 Å². The first-order valence-electron chi connectivity index (χ1n) is 23.0. The molecule has 0 aliphatic carbocycles. The SMILES string of the molecule is C.C.Cc1cccc(C=O)c1.Cc1cccc(CN2CCC(c3ccc4c(c3)CN(C3CCC(=O)NC3=O)C4=O)CC2)c1.Cl.O=C1CCC(N2Cc3cc(C4CCNCC4)ccc3C2=O)C(=O)N1. The highest BCUT2D eigenvalue weighted by Gasteiger charge is 2.41. The molecule has 2 atom stereocenters. The van der Waals surface area contributed by atoms with Gasteiger partial charge >= 0.3 is 0 Å². The van der Waals surface area contributed by atoms with Crippen molar-refractivity contribution in [3.05, 3.63) is 141 Å². The molecule has 0 aromatic heterocycles. The number of imide groups is 2. The van der Waals surface area contributed by atoms with E-state index in [2.05, 4.69) is 76.3 Å². The second-order valence-corrected chi connectivity index (χ2v) is 18.2. The molecule has 2 unspecified atom stereocenters. The quantitative estimate of drug-likeness (QED) is 0.125. The van der Waals surface area contributed by atoms with Gasteiger partial charge < -0.3 is 15.1 Å². The highest BCUT2D eigenvalue weighted by molar-refractivity contribution is 6.06. The Kier molecular flexibility index (Phi) is 18.5. The molecule has 0 saturated carbocycles. The number of nitrogens with one attached hydrogen (secondary N) is 3. The van der Waals surface area contributed by atoms with E-state index in [9.17, 15) is 33.6 Å². The minimum absolute atomic E-state index is 0. The molecule has 6 amide bonds. The van der Waals surface area contributed by atoms with Crippen molar-refractivity contribution in [2.24, 2.45) is 0 Å². The van der Waals surface area contributed by atoms with Gasteiger partial charge in [0.2, 0.25) is 23.6 Å². The molecule has 14 heteroatoms. The van der Waals surface area contributed by atoms with Crippen LogP contribution in [-0.4, -0.2) is 94.7 Å². The van der Waals surface area contributed by atoms with Crippen molar-refractivity contribution in [3.8, 4) is 0 Å². The molecule has 0 spiro atoms. The van der Waals surface area contributed by atoms with Gasteiger partial charge in [-0.25, -0.2) is 0 Å². The smallest absolute Gasteiger partial charge is 0.255 e. The molecule has 10 rings (SSSR count). The summed E-state index contributed by atoms with van der Waals surface area (Å²) >= 11 is 0. The van der Waals surface area contributed by atoms with Crippen LogP contribution in [0.5, 0.6) is 0 Å². The highest BCUT2D eigenvalue weighted by Crippen LogP contribution is 2.35. The minimum Gasteiger partial charge on any atom is -0.322 e. The maximum atomic E-state index is 12.9. The second kappa shape index (κ2) is 23.8. The van der Waals surface area contributed by atoms with E-state index in [1.807, 2.05) is 37.3 Å². The van der Waals surface area contributed by atoms with Crippen LogP contribution in [0.25, 0.3) is 0 Å². The van der Waals surface area contributed by atoms with Gasteiger partial charge in [-0.2, -0.15) is 0 Å². The number of halogens is 1. The molecule has 6 aliphatic rings. The molecule has 4 fully saturated rings. The highest BCUT2D eigenvalue weighted by atomic mass is 35.5. The number of amides is 6. The Bertz CT molecular complexity index is 2500. The number of carbonyl (C=O) groups is 7. The second-order valence-electron chi connectivity index (χ2n) is 18.2. The molecule has 4 aromatic rings. The molecule has 4 aromatic carbocycles. The lowest BCUT2D eigenvalue weighted by Crippen LogP contribution is -2.52. The van der Waals surface area contributed by atoms with E-state index in [-0.39, 0.29) is 75.5 Å². The van der Waals surface area contributed by atoms with Crippen molar-refractivity contribution in [3.63, 3.8) is 0 Å². The summed E-state index contributed by atoms with van der Waals surface area (Å²) in [5.74, 6) is -0.398. The van der Waals surface area contributed by atoms with E-state index in [0.717, 1.165) is 86.9 Å². The zero-order valence-electron chi connectivity index (χ0n) is 37.7. The van der Waals surface area contributed by atoms with Crippen LogP contribution in [0.4, 0.5) is 0 Å². The maximum absolute atomic E-state index is 12.9. The Hall–Kier alpha value is -6.02. The van der Waals surface area contributed by atoms with Crippen molar-refractivity contribution in [1.82, 2.24) is 30.7 Å². The number of likely N-dealkylation sites (tertiary alicyclic amines) is 1. The first kappa shape index (κ1) is 52.9. The first-order valence-corrected chi connectivity index (χ1v) is 23.0. The van der Waals surface area contributed by atoms with Gasteiger partial charge in [-0.15, -0.1) is 12.4 Å². The van der Waals surface area contributed by atoms with Gasteiger partial charge in [0, 0.05) is 49.2 Å². The molecule has 0 bridgehead atoms. The van der Waals surface area contributed by atoms with E-state index in [1.165, 1.54) is 22.3 Å². The van der Waals surface area contributed by atoms with Gasteiger partial charge in [-0.3, -0.25) is 49.1 Å². The van der Waals surface area contributed by atoms with Gasteiger partial charge in [-0.1, -0.05) is 92.7 Å². The molecule has 6 heterocycles. The lowest BCUT2D eigenvalue weighted by atomic mass is 9.87. The van der Waals surface area contributed by atoms with E-state index < -0.39 is 12.1 Å². The summed E-state index contributed by atoms with van der Waals surface area (Å²) in [6.45, 7) is 10.2. The summed E-state index contributed by atoms with van der Waals surface area (Å²) in [4.78, 5) is 88.6. The maximum Gasteiger partial charge on any atom is 0.255 e. The predicted molar refractivity (Wildman–Crippen MR) is 266 cm³/mol. The Balaban J connectivity index is 0.000000212. The fourth-order valence-electron chi connectivity index (χ4n) is 10.1. The normalized spacial score (nSPS) is 20.4. The van der Waals surface area contributed by atoms with Crippen molar-refractivity contribution in [2.75, 3.05) is 26.2 Å². The van der Waals surface area contributed by atoms with Gasteiger partial charge in [0.05, 0.1) is 0 Å². The average molecular weight is 948 g/mol. The van der Waals surface area contributed by atoms with Crippen molar-refractivity contribution in [1.29, 1.82) is 0 Å². The lowest BCUT2D eigenvalue weighted by molar-refractivity contribution is -0.138. The standard InChI is InChI=1S/C26H29N3O3.C18H21N3O3.C8H8O.2CH4.ClH/c1-17-3-2-4-18(13-17)15-28-11-9-19(10-12-28)20-5-6-22-21(14-20)16-29(26(22)32)23-7-8-24(30)27-25(23)31;22-16-4-3-15(17(23)20-16)21-10-13-9-12(1-2-14(13)18(21)24)11-5-7-19-8-6-11;1-7-3-2-4-8(5-7)6-9;;;/h2-6,13-14,19,23H,7-12,15-16H2,1H3,(H,27,30,31);1-2,9,11,15,19H,3-8,10H2,(H,20,22,23);2-6H,1H3;2*1H4;1H. The summed E-state index contributed by atoms with van der Waals surface area (Å²) in [5.41, 5.74) is 10.5. The van der Waals surface area contributed by atoms with Crippen LogP contribution in [0, 0.1) is 13.8 Å².